The van der Waals surface area contributed by atoms with Crippen molar-refractivity contribution in [2.24, 2.45) is 4.99 Å². The number of esters is 1. The quantitative estimate of drug-likeness (QED) is 0.495. The number of hydrogen-bond acceptors (Lipinski definition) is 8. The number of halogens is 1. The first-order valence-electron chi connectivity index (χ1n) is 9.81. The second kappa shape index (κ2) is 8.10. The maximum absolute atomic E-state index is 13.5. The number of fused-ring (bicyclic) bond motifs is 2. The number of rotatable bonds is 4. The highest BCUT2D eigenvalue weighted by Crippen LogP contribution is 2.38. The fourth-order valence-corrected chi connectivity index (χ4v) is 5.07. The van der Waals surface area contributed by atoms with Crippen molar-refractivity contribution in [3.05, 3.63) is 77.3 Å². The van der Waals surface area contributed by atoms with E-state index in [-0.39, 0.29) is 19.0 Å². The van der Waals surface area contributed by atoms with E-state index in [1.807, 2.05) is 6.07 Å². The highest BCUT2D eigenvalue weighted by molar-refractivity contribution is 9.10. The maximum atomic E-state index is 13.5. The van der Waals surface area contributed by atoms with Gasteiger partial charge in [0.1, 0.15) is 5.76 Å². The molecule has 10 heteroatoms. The minimum atomic E-state index is -0.717. The monoisotopic (exact) mass is 516 g/mol. The van der Waals surface area contributed by atoms with E-state index in [9.17, 15) is 9.59 Å². The third-order valence-electron chi connectivity index (χ3n) is 5.10. The topological polar surface area (TPSA) is 92.3 Å². The first kappa shape index (κ1) is 20.8. The number of carbonyl (C=O) groups is 1. The number of hydrogen-bond donors (Lipinski definition) is 0. The molecule has 0 N–H and O–H groups in total. The summed E-state index contributed by atoms with van der Waals surface area (Å²) in [7, 11) is 0. The highest BCUT2D eigenvalue weighted by atomic mass is 79.9. The zero-order chi connectivity index (χ0) is 22.4. The van der Waals surface area contributed by atoms with Crippen LogP contribution in [0.3, 0.4) is 0 Å². The van der Waals surface area contributed by atoms with Gasteiger partial charge < -0.3 is 18.6 Å². The summed E-state index contributed by atoms with van der Waals surface area (Å²) in [5.41, 5.74) is 1.23. The summed E-state index contributed by atoms with van der Waals surface area (Å²) in [5, 5.41) is 0. The molecule has 0 spiro atoms. The minimum Gasteiger partial charge on any atom is -0.463 e. The fourth-order valence-electron chi connectivity index (χ4n) is 3.73. The van der Waals surface area contributed by atoms with Crippen LogP contribution in [-0.2, 0) is 9.53 Å². The van der Waals surface area contributed by atoms with Crippen molar-refractivity contribution in [3.63, 3.8) is 0 Å². The van der Waals surface area contributed by atoms with E-state index < -0.39 is 12.0 Å². The summed E-state index contributed by atoms with van der Waals surface area (Å²) in [5.74, 6) is 1.19. The predicted molar refractivity (Wildman–Crippen MR) is 119 cm³/mol. The molecule has 0 amide bonds. The zero-order valence-electron chi connectivity index (χ0n) is 17.1. The summed E-state index contributed by atoms with van der Waals surface area (Å²) in [4.78, 5) is 31.4. The van der Waals surface area contributed by atoms with E-state index in [1.165, 1.54) is 15.9 Å². The molecule has 8 nitrogen and oxygen atoms in total. The summed E-state index contributed by atoms with van der Waals surface area (Å²) in [6.07, 6.45) is 1.66. The smallest absolute Gasteiger partial charge is 0.338 e. The number of nitrogens with zero attached hydrogens (tertiary/aromatic N) is 2. The van der Waals surface area contributed by atoms with Crippen molar-refractivity contribution in [3.8, 4) is 11.5 Å². The Morgan fingerprint density at radius 2 is 2.12 bits per heavy atom. The third kappa shape index (κ3) is 3.49. The van der Waals surface area contributed by atoms with Gasteiger partial charge in [-0.25, -0.2) is 9.79 Å². The van der Waals surface area contributed by atoms with Crippen LogP contribution in [-0.4, -0.2) is 23.9 Å². The molecular weight excluding hydrogens is 500 g/mol. The van der Waals surface area contributed by atoms with E-state index >= 15 is 0 Å². The first-order chi connectivity index (χ1) is 15.5. The van der Waals surface area contributed by atoms with Crippen molar-refractivity contribution in [1.29, 1.82) is 0 Å². The van der Waals surface area contributed by atoms with Gasteiger partial charge in [0.15, 0.2) is 21.0 Å². The standard InChI is InChI=1S/C22H17BrN2O6S/c1-3-28-21(27)18-11(2)24-22-25(19(18)12-4-6-14-15(8-12)30-10-29-14)20(26)16(32-22)9-13-5-7-17(23)31-13/h4-9,19H,3,10H2,1-2H3/b16-9+/t19-/m0/s1. The number of carbonyl (C=O) groups excluding carboxylic acids is 1. The van der Waals surface area contributed by atoms with Crippen molar-refractivity contribution < 1.29 is 23.4 Å². The fraction of sp³-hybridized carbons (Fsp3) is 0.227. The molecule has 0 aliphatic carbocycles. The van der Waals surface area contributed by atoms with Crippen LogP contribution < -0.4 is 24.4 Å². The van der Waals surface area contributed by atoms with Gasteiger partial charge in [-0.1, -0.05) is 17.4 Å². The molecular formula is C22H17BrN2O6S. The van der Waals surface area contributed by atoms with Crippen LogP contribution in [0.25, 0.3) is 6.08 Å². The van der Waals surface area contributed by atoms with E-state index in [2.05, 4.69) is 20.9 Å². The lowest BCUT2D eigenvalue weighted by Crippen LogP contribution is -2.39. The Hall–Kier alpha value is -3.11. The lowest BCUT2D eigenvalue weighted by atomic mass is 9.95. The van der Waals surface area contributed by atoms with Gasteiger partial charge in [0, 0.05) is 6.08 Å². The Morgan fingerprint density at radius 1 is 1.31 bits per heavy atom. The van der Waals surface area contributed by atoms with Crippen LogP contribution in [0.2, 0.25) is 0 Å². The lowest BCUT2D eigenvalue weighted by Gasteiger charge is -2.24. The highest BCUT2D eigenvalue weighted by Gasteiger charge is 2.34. The van der Waals surface area contributed by atoms with Crippen LogP contribution in [0.15, 0.2) is 60.5 Å². The van der Waals surface area contributed by atoms with E-state index in [0.29, 0.717) is 48.1 Å². The van der Waals surface area contributed by atoms with Crippen molar-refractivity contribution in [2.75, 3.05) is 13.4 Å². The second-order valence-electron chi connectivity index (χ2n) is 7.06. The molecule has 0 unspecified atom stereocenters. The zero-order valence-corrected chi connectivity index (χ0v) is 19.5. The molecule has 5 rings (SSSR count). The number of ether oxygens (including phenoxy) is 3. The molecule has 164 valence electrons. The van der Waals surface area contributed by atoms with Gasteiger partial charge in [-0.3, -0.25) is 9.36 Å². The number of benzene rings is 1. The van der Waals surface area contributed by atoms with Gasteiger partial charge in [0.25, 0.3) is 5.56 Å². The Balaban J connectivity index is 1.73. The molecule has 1 atom stereocenters. The van der Waals surface area contributed by atoms with Crippen LogP contribution in [0.5, 0.6) is 11.5 Å². The van der Waals surface area contributed by atoms with Crippen molar-refractivity contribution in [2.45, 2.75) is 19.9 Å². The molecule has 2 aliphatic rings. The Labute approximate surface area is 194 Å². The van der Waals surface area contributed by atoms with Crippen LogP contribution in [0, 0.1) is 0 Å². The number of furan rings is 1. The van der Waals surface area contributed by atoms with Crippen molar-refractivity contribution in [1.82, 2.24) is 4.57 Å². The Morgan fingerprint density at radius 3 is 2.88 bits per heavy atom. The second-order valence-corrected chi connectivity index (χ2v) is 8.85. The lowest BCUT2D eigenvalue weighted by molar-refractivity contribution is -0.139. The summed E-state index contributed by atoms with van der Waals surface area (Å²) < 4.78 is 24.3. The van der Waals surface area contributed by atoms with Gasteiger partial charge in [0.05, 0.1) is 28.5 Å². The molecule has 0 bridgehead atoms. The number of allylic oxidation sites excluding steroid dienone is 1. The maximum Gasteiger partial charge on any atom is 0.338 e. The average Bonchev–Trinajstić information content (AvgIpc) is 3.46. The normalized spacial score (nSPS) is 17.3. The van der Waals surface area contributed by atoms with Crippen LogP contribution in [0.1, 0.15) is 31.2 Å². The van der Waals surface area contributed by atoms with Gasteiger partial charge in [-0.15, -0.1) is 0 Å². The van der Waals surface area contributed by atoms with Gasteiger partial charge in [0.2, 0.25) is 6.79 Å². The van der Waals surface area contributed by atoms with Gasteiger partial charge >= 0.3 is 5.97 Å². The SMILES string of the molecule is CCOC(=O)C1=C(C)N=c2s/c(=C/c3ccc(Br)o3)c(=O)n2[C@H]1c1ccc2c(c1)OCO2. The van der Waals surface area contributed by atoms with Gasteiger partial charge in [-0.05, 0) is 59.6 Å². The molecule has 0 saturated carbocycles. The van der Waals surface area contributed by atoms with Crippen LogP contribution in [0.4, 0.5) is 0 Å². The predicted octanol–water partition coefficient (Wildman–Crippen LogP) is 2.88. The third-order valence-corrected chi connectivity index (χ3v) is 6.51. The molecule has 0 radical (unpaired) electrons. The molecule has 2 aliphatic heterocycles. The summed E-state index contributed by atoms with van der Waals surface area (Å²) in [6, 6.07) is 8.16. The average molecular weight is 517 g/mol. The van der Waals surface area contributed by atoms with Crippen molar-refractivity contribution >= 4 is 39.3 Å². The molecule has 4 heterocycles. The number of aromatic nitrogens is 1. The minimum absolute atomic E-state index is 0.125. The number of thiazole rings is 1. The summed E-state index contributed by atoms with van der Waals surface area (Å²) in [6.45, 7) is 3.81. The van der Waals surface area contributed by atoms with E-state index in [0.717, 1.165) is 0 Å². The van der Waals surface area contributed by atoms with E-state index in [1.54, 1.807) is 44.2 Å². The molecule has 0 saturated heterocycles. The Bertz CT molecular complexity index is 1450. The molecule has 1 aromatic carbocycles. The largest absolute Gasteiger partial charge is 0.463 e. The molecule has 32 heavy (non-hydrogen) atoms. The molecule has 2 aromatic heterocycles. The summed E-state index contributed by atoms with van der Waals surface area (Å²) >= 11 is 4.50. The van der Waals surface area contributed by atoms with E-state index in [4.69, 9.17) is 18.6 Å². The van der Waals surface area contributed by atoms with Gasteiger partial charge in [-0.2, -0.15) is 0 Å². The van der Waals surface area contributed by atoms with Crippen LogP contribution >= 0.6 is 27.3 Å². The molecule has 3 aromatic rings. The Kier molecular flexibility index (Phi) is 5.26. The molecule has 0 fully saturated rings. The first-order valence-corrected chi connectivity index (χ1v) is 11.4.